The van der Waals surface area contributed by atoms with Gasteiger partial charge in [-0.1, -0.05) is 0 Å². The summed E-state index contributed by atoms with van der Waals surface area (Å²) in [6, 6.07) is 1.85. The summed E-state index contributed by atoms with van der Waals surface area (Å²) in [5, 5.41) is 13.8. The quantitative estimate of drug-likeness (QED) is 0.832. The van der Waals surface area contributed by atoms with Crippen molar-refractivity contribution >= 4 is 23.0 Å². The predicted molar refractivity (Wildman–Crippen MR) is 74.6 cm³/mol. The van der Waals surface area contributed by atoms with Gasteiger partial charge in [0.25, 0.3) is 5.91 Å². The molecule has 1 fully saturated rings. The molecule has 1 amide bonds. The molecule has 0 bridgehead atoms. The standard InChI is InChI=1S/C14H19NO3S/c1-9(17)11-6-13(19-8-11)14(18)15-12-4-2-10(7-16)3-5-12/h6,8,10,12,16H,2-5,7H2,1H3,(H,15,18). The van der Waals surface area contributed by atoms with Crippen LogP contribution in [0.5, 0.6) is 0 Å². The zero-order valence-electron chi connectivity index (χ0n) is 11.0. The Balaban J connectivity index is 1.88. The molecule has 1 heterocycles. The van der Waals surface area contributed by atoms with E-state index < -0.39 is 0 Å². The third-order valence-corrected chi connectivity index (χ3v) is 4.60. The first-order valence-electron chi connectivity index (χ1n) is 6.61. The van der Waals surface area contributed by atoms with Gasteiger partial charge in [-0.2, -0.15) is 0 Å². The molecule has 1 saturated carbocycles. The molecular weight excluding hydrogens is 262 g/mol. The maximum absolute atomic E-state index is 12.0. The van der Waals surface area contributed by atoms with Crippen molar-refractivity contribution in [3.63, 3.8) is 0 Å². The van der Waals surface area contributed by atoms with Gasteiger partial charge in [0.1, 0.15) is 0 Å². The number of rotatable bonds is 4. The molecule has 0 unspecified atom stereocenters. The Morgan fingerprint density at radius 1 is 1.37 bits per heavy atom. The second kappa shape index (κ2) is 6.30. The number of carbonyl (C=O) groups is 2. The van der Waals surface area contributed by atoms with Gasteiger partial charge in [0.05, 0.1) is 4.88 Å². The van der Waals surface area contributed by atoms with Crippen molar-refractivity contribution < 1.29 is 14.7 Å². The molecule has 1 aliphatic carbocycles. The largest absolute Gasteiger partial charge is 0.396 e. The van der Waals surface area contributed by atoms with E-state index in [0.29, 0.717) is 16.4 Å². The molecule has 2 rings (SSSR count). The van der Waals surface area contributed by atoms with Gasteiger partial charge in [0, 0.05) is 23.6 Å². The fraction of sp³-hybridized carbons (Fsp3) is 0.571. The molecule has 0 saturated heterocycles. The predicted octanol–water partition coefficient (Wildman–Crippen LogP) is 2.23. The van der Waals surface area contributed by atoms with Crippen LogP contribution >= 0.6 is 11.3 Å². The van der Waals surface area contributed by atoms with Gasteiger partial charge in [0.15, 0.2) is 5.78 Å². The highest BCUT2D eigenvalue weighted by Crippen LogP contribution is 2.24. The third kappa shape index (κ3) is 3.64. The number of aliphatic hydroxyl groups excluding tert-OH is 1. The number of aliphatic hydroxyl groups is 1. The van der Waals surface area contributed by atoms with Gasteiger partial charge in [-0.05, 0) is 44.6 Å². The number of hydrogen-bond acceptors (Lipinski definition) is 4. The number of carbonyl (C=O) groups excluding carboxylic acids is 2. The molecule has 1 aromatic rings. The van der Waals surface area contributed by atoms with Crippen molar-refractivity contribution in [1.82, 2.24) is 5.32 Å². The summed E-state index contributed by atoms with van der Waals surface area (Å²) in [7, 11) is 0. The molecular formula is C14H19NO3S. The summed E-state index contributed by atoms with van der Waals surface area (Å²) >= 11 is 1.31. The van der Waals surface area contributed by atoms with Crippen molar-refractivity contribution in [3.05, 3.63) is 21.9 Å². The second-order valence-electron chi connectivity index (χ2n) is 5.13. The minimum Gasteiger partial charge on any atom is -0.396 e. The molecule has 1 aliphatic rings. The Kier molecular flexibility index (Phi) is 4.71. The first-order valence-corrected chi connectivity index (χ1v) is 7.49. The highest BCUT2D eigenvalue weighted by atomic mass is 32.1. The molecule has 2 N–H and O–H groups in total. The lowest BCUT2D eigenvalue weighted by molar-refractivity contribution is 0.0918. The molecule has 0 aromatic carbocycles. The van der Waals surface area contributed by atoms with E-state index in [1.54, 1.807) is 11.4 Å². The van der Waals surface area contributed by atoms with E-state index >= 15 is 0 Å². The number of amides is 1. The van der Waals surface area contributed by atoms with E-state index in [9.17, 15) is 9.59 Å². The van der Waals surface area contributed by atoms with Crippen molar-refractivity contribution in [2.24, 2.45) is 5.92 Å². The van der Waals surface area contributed by atoms with Crippen LogP contribution in [-0.2, 0) is 0 Å². The van der Waals surface area contributed by atoms with E-state index in [2.05, 4.69) is 5.32 Å². The van der Waals surface area contributed by atoms with Gasteiger partial charge in [-0.15, -0.1) is 11.3 Å². The van der Waals surface area contributed by atoms with Gasteiger partial charge < -0.3 is 10.4 Å². The molecule has 1 aromatic heterocycles. The Bertz CT molecular complexity index is 461. The van der Waals surface area contributed by atoms with E-state index in [1.807, 2.05) is 0 Å². The monoisotopic (exact) mass is 281 g/mol. The van der Waals surface area contributed by atoms with Crippen LogP contribution in [0.4, 0.5) is 0 Å². The molecule has 0 aliphatic heterocycles. The zero-order chi connectivity index (χ0) is 13.8. The normalized spacial score (nSPS) is 23.1. The van der Waals surface area contributed by atoms with Gasteiger partial charge in [0.2, 0.25) is 0 Å². The molecule has 19 heavy (non-hydrogen) atoms. The van der Waals surface area contributed by atoms with Gasteiger partial charge >= 0.3 is 0 Å². The average Bonchev–Trinajstić information content (AvgIpc) is 2.89. The van der Waals surface area contributed by atoms with Crippen LogP contribution in [0, 0.1) is 5.92 Å². The van der Waals surface area contributed by atoms with E-state index in [-0.39, 0.29) is 24.3 Å². The summed E-state index contributed by atoms with van der Waals surface area (Å²) in [6.07, 6.45) is 3.76. The topological polar surface area (TPSA) is 66.4 Å². The van der Waals surface area contributed by atoms with Crippen LogP contribution in [-0.4, -0.2) is 29.4 Å². The SMILES string of the molecule is CC(=O)c1csc(C(=O)NC2CCC(CO)CC2)c1. The van der Waals surface area contributed by atoms with Crippen LogP contribution in [0.25, 0.3) is 0 Å². The summed E-state index contributed by atoms with van der Waals surface area (Å²) in [4.78, 5) is 23.8. The number of thiophene rings is 1. The first kappa shape index (κ1) is 14.2. The van der Waals surface area contributed by atoms with Crippen LogP contribution in [0.3, 0.4) is 0 Å². The van der Waals surface area contributed by atoms with Crippen molar-refractivity contribution in [2.75, 3.05) is 6.61 Å². The summed E-state index contributed by atoms with van der Waals surface area (Å²) in [5.41, 5.74) is 0.596. The van der Waals surface area contributed by atoms with Gasteiger partial charge in [-0.25, -0.2) is 0 Å². The van der Waals surface area contributed by atoms with E-state index in [4.69, 9.17) is 5.11 Å². The average molecular weight is 281 g/mol. The van der Waals surface area contributed by atoms with E-state index in [0.717, 1.165) is 25.7 Å². The van der Waals surface area contributed by atoms with Gasteiger partial charge in [-0.3, -0.25) is 9.59 Å². The Hall–Kier alpha value is -1.20. The lowest BCUT2D eigenvalue weighted by atomic mass is 9.86. The van der Waals surface area contributed by atoms with Crippen molar-refractivity contribution in [1.29, 1.82) is 0 Å². The molecule has 0 spiro atoms. The zero-order valence-corrected chi connectivity index (χ0v) is 11.8. The van der Waals surface area contributed by atoms with Crippen LogP contribution in [0.15, 0.2) is 11.4 Å². The van der Waals surface area contributed by atoms with Crippen molar-refractivity contribution in [2.45, 2.75) is 38.6 Å². The molecule has 0 atom stereocenters. The fourth-order valence-corrected chi connectivity index (χ4v) is 3.23. The van der Waals surface area contributed by atoms with Crippen molar-refractivity contribution in [3.8, 4) is 0 Å². The van der Waals surface area contributed by atoms with E-state index in [1.165, 1.54) is 18.3 Å². The Morgan fingerprint density at radius 3 is 2.58 bits per heavy atom. The highest BCUT2D eigenvalue weighted by molar-refractivity contribution is 7.12. The molecule has 4 nitrogen and oxygen atoms in total. The minimum atomic E-state index is -0.0926. The molecule has 5 heteroatoms. The number of Topliss-reactive ketones (excluding diaryl/α,β-unsaturated/α-hetero) is 1. The van der Waals surface area contributed by atoms with Crippen LogP contribution < -0.4 is 5.32 Å². The fourth-order valence-electron chi connectivity index (χ4n) is 2.39. The smallest absolute Gasteiger partial charge is 0.261 e. The lowest BCUT2D eigenvalue weighted by Gasteiger charge is -2.27. The summed E-state index contributed by atoms with van der Waals surface area (Å²) in [6.45, 7) is 1.74. The third-order valence-electron chi connectivity index (χ3n) is 3.67. The lowest BCUT2D eigenvalue weighted by Crippen LogP contribution is -2.37. The maximum Gasteiger partial charge on any atom is 0.261 e. The Labute approximate surface area is 116 Å². The van der Waals surface area contributed by atoms with Crippen LogP contribution in [0.2, 0.25) is 0 Å². The summed E-state index contributed by atoms with van der Waals surface area (Å²) < 4.78 is 0. The molecule has 104 valence electrons. The molecule has 0 radical (unpaired) electrons. The Morgan fingerprint density at radius 2 is 2.05 bits per heavy atom. The number of hydrogen-bond donors (Lipinski definition) is 2. The summed E-state index contributed by atoms with van der Waals surface area (Å²) in [5.74, 6) is 0.280. The second-order valence-corrected chi connectivity index (χ2v) is 6.04. The highest BCUT2D eigenvalue weighted by Gasteiger charge is 2.22. The van der Waals surface area contributed by atoms with Crippen LogP contribution in [0.1, 0.15) is 52.6 Å². The number of nitrogens with one attached hydrogen (secondary N) is 1. The maximum atomic E-state index is 12.0. The first-order chi connectivity index (χ1) is 9.10. The minimum absolute atomic E-state index is 0.0150. The number of ketones is 1.